The molecule has 0 bridgehead atoms. The Hall–Kier alpha value is -2.53. The summed E-state index contributed by atoms with van der Waals surface area (Å²) in [5.74, 6) is 2.09. The molecule has 10 nitrogen and oxygen atoms in total. The third kappa shape index (κ3) is 2.82. The van der Waals surface area contributed by atoms with Gasteiger partial charge in [0.2, 0.25) is 0 Å². The Morgan fingerprint density at radius 2 is 2.04 bits per heavy atom. The van der Waals surface area contributed by atoms with Gasteiger partial charge in [-0.15, -0.1) is 0 Å². The van der Waals surface area contributed by atoms with Crippen LogP contribution in [0.2, 0.25) is 0 Å². The van der Waals surface area contributed by atoms with E-state index in [4.69, 9.17) is 9.15 Å². The van der Waals surface area contributed by atoms with E-state index in [1.807, 2.05) is 19.1 Å². The number of rotatable bonds is 5. The highest BCUT2D eigenvalue weighted by molar-refractivity contribution is 5.82. The topological polar surface area (TPSA) is 139 Å². The molecule has 10 heteroatoms. The summed E-state index contributed by atoms with van der Waals surface area (Å²) in [5.41, 5.74) is 0.932. The maximum absolute atomic E-state index is 10.2. The predicted octanol–water partition coefficient (Wildman–Crippen LogP) is -0.0487. The molecule has 0 amide bonds. The molecule has 1 aliphatic rings. The van der Waals surface area contributed by atoms with Crippen LogP contribution in [0.4, 0.5) is 5.82 Å². The minimum absolute atomic E-state index is 0.397. The summed E-state index contributed by atoms with van der Waals surface area (Å²) in [4.78, 5) is 12.7. The minimum atomic E-state index is -1.21. The van der Waals surface area contributed by atoms with Crippen LogP contribution in [-0.4, -0.2) is 59.8 Å². The average molecular weight is 361 g/mol. The number of imidazole rings is 1. The van der Waals surface area contributed by atoms with Crippen molar-refractivity contribution in [1.82, 2.24) is 19.5 Å². The van der Waals surface area contributed by atoms with Crippen LogP contribution in [-0.2, 0) is 11.3 Å². The first-order chi connectivity index (χ1) is 12.6. The maximum Gasteiger partial charge on any atom is 0.167 e. The molecule has 3 aromatic rings. The number of ether oxygens (including phenoxy) is 1. The number of aliphatic hydroxyl groups excluding tert-OH is 3. The van der Waals surface area contributed by atoms with Crippen molar-refractivity contribution in [1.29, 1.82) is 0 Å². The molecule has 4 heterocycles. The molecule has 3 aromatic heterocycles. The lowest BCUT2D eigenvalue weighted by Crippen LogP contribution is -2.33. The number of nitrogens with one attached hydrogen (secondary N) is 1. The van der Waals surface area contributed by atoms with E-state index in [0.29, 0.717) is 23.5 Å². The van der Waals surface area contributed by atoms with Gasteiger partial charge in [0.1, 0.15) is 36.2 Å². The zero-order valence-electron chi connectivity index (χ0n) is 14.0. The number of hydrogen-bond donors (Lipinski definition) is 4. The van der Waals surface area contributed by atoms with Crippen LogP contribution in [0.5, 0.6) is 0 Å². The minimum Gasteiger partial charge on any atom is -0.465 e. The van der Waals surface area contributed by atoms with E-state index in [9.17, 15) is 15.3 Å². The van der Waals surface area contributed by atoms with Gasteiger partial charge < -0.3 is 29.8 Å². The van der Waals surface area contributed by atoms with Crippen molar-refractivity contribution in [3.05, 3.63) is 36.3 Å². The highest BCUT2D eigenvalue weighted by Gasteiger charge is 2.44. The number of aromatic nitrogens is 4. The summed E-state index contributed by atoms with van der Waals surface area (Å²) < 4.78 is 12.6. The number of furan rings is 1. The van der Waals surface area contributed by atoms with Gasteiger partial charge in [0.05, 0.1) is 19.5 Å². The molecule has 0 spiro atoms. The Morgan fingerprint density at radius 1 is 1.19 bits per heavy atom. The van der Waals surface area contributed by atoms with E-state index >= 15 is 0 Å². The molecule has 4 atom stereocenters. The number of nitrogens with zero attached hydrogens (tertiary/aromatic N) is 4. The van der Waals surface area contributed by atoms with Gasteiger partial charge in [-0.05, 0) is 19.1 Å². The van der Waals surface area contributed by atoms with Gasteiger partial charge in [-0.2, -0.15) is 0 Å². The van der Waals surface area contributed by atoms with Gasteiger partial charge in [0.15, 0.2) is 23.2 Å². The first-order valence-electron chi connectivity index (χ1n) is 8.17. The van der Waals surface area contributed by atoms with E-state index in [-0.39, 0.29) is 0 Å². The van der Waals surface area contributed by atoms with E-state index in [2.05, 4.69) is 20.3 Å². The molecule has 0 radical (unpaired) electrons. The fourth-order valence-electron chi connectivity index (χ4n) is 3.03. The summed E-state index contributed by atoms with van der Waals surface area (Å²) in [7, 11) is 0. The Balaban J connectivity index is 1.61. The zero-order chi connectivity index (χ0) is 18.3. The van der Waals surface area contributed by atoms with Gasteiger partial charge in [-0.1, -0.05) is 0 Å². The number of fused-ring (bicyclic) bond motifs is 1. The Labute approximate surface area is 148 Å². The van der Waals surface area contributed by atoms with Crippen LogP contribution < -0.4 is 5.32 Å². The average Bonchev–Trinajstić information content (AvgIpc) is 3.32. The van der Waals surface area contributed by atoms with Crippen molar-refractivity contribution in [2.24, 2.45) is 0 Å². The van der Waals surface area contributed by atoms with Crippen molar-refractivity contribution >= 4 is 17.0 Å². The Morgan fingerprint density at radius 3 is 2.73 bits per heavy atom. The monoisotopic (exact) mass is 361 g/mol. The highest BCUT2D eigenvalue weighted by Crippen LogP contribution is 2.32. The fraction of sp³-hybridized carbons (Fsp3) is 0.438. The van der Waals surface area contributed by atoms with Gasteiger partial charge in [0.25, 0.3) is 0 Å². The first kappa shape index (κ1) is 16.9. The SMILES string of the molecule is Cc1ccc(CNc2ncnc3c2ncn3[C@@H]2O[C@H](CO)[C@@H](O)[C@@H]2O)o1. The van der Waals surface area contributed by atoms with E-state index in [1.54, 1.807) is 0 Å². The first-order valence-corrected chi connectivity index (χ1v) is 8.17. The second-order valence-corrected chi connectivity index (χ2v) is 6.14. The van der Waals surface area contributed by atoms with Crippen LogP contribution in [0, 0.1) is 6.92 Å². The highest BCUT2D eigenvalue weighted by atomic mass is 16.6. The molecule has 1 aliphatic heterocycles. The Kier molecular flexibility index (Phi) is 4.32. The maximum atomic E-state index is 10.2. The van der Waals surface area contributed by atoms with Crippen molar-refractivity contribution in [2.45, 2.75) is 38.0 Å². The summed E-state index contributed by atoms with van der Waals surface area (Å²) in [5, 5.41) is 32.5. The molecule has 0 aliphatic carbocycles. The van der Waals surface area contributed by atoms with Crippen LogP contribution in [0.1, 0.15) is 17.7 Å². The molecular formula is C16H19N5O5. The molecule has 1 saturated heterocycles. The molecule has 138 valence electrons. The zero-order valence-corrected chi connectivity index (χ0v) is 14.0. The quantitative estimate of drug-likeness (QED) is 0.492. The van der Waals surface area contributed by atoms with Crippen LogP contribution >= 0.6 is 0 Å². The van der Waals surface area contributed by atoms with Crippen LogP contribution in [0.3, 0.4) is 0 Å². The molecule has 26 heavy (non-hydrogen) atoms. The van der Waals surface area contributed by atoms with Crippen LogP contribution in [0.25, 0.3) is 11.2 Å². The smallest absolute Gasteiger partial charge is 0.167 e. The lowest BCUT2D eigenvalue weighted by atomic mass is 10.1. The van der Waals surface area contributed by atoms with Crippen molar-refractivity contribution < 1.29 is 24.5 Å². The standard InChI is InChI=1S/C16H19N5O5/c1-8-2-3-9(25-8)4-17-14-11-15(19-6-18-14)21(7-20-11)16-13(24)12(23)10(5-22)26-16/h2-3,6-7,10,12-13,16,22-24H,4-5H2,1H3,(H,17,18,19)/t10-,12-,13+,16-/m1/s1. The Bertz CT molecular complexity index is 909. The summed E-state index contributed by atoms with van der Waals surface area (Å²) in [6.45, 7) is 1.90. The molecule has 0 saturated carbocycles. The van der Waals surface area contributed by atoms with Crippen LogP contribution in [0.15, 0.2) is 29.2 Å². The third-order valence-electron chi connectivity index (χ3n) is 4.38. The molecule has 0 unspecified atom stereocenters. The van der Waals surface area contributed by atoms with E-state index < -0.39 is 31.1 Å². The molecule has 4 rings (SSSR count). The lowest BCUT2D eigenvalue weighted by Gasteiger charge is -2.16. The predicted molar refractivity (Wildman–Crippen MR) is 89.1 cm³/mol. The van der Waals surface area contributed by atoms with E-state index in [0.717, 1.165) is 11.5 Å². The van der Waals surface area contributed by atoms with Crippen molar-refractivity contribution in [3.63, 3.8) is 0 Å². The molecule has 1 fully saturated rings. The third-order valence-corrected chi connectivity index (χ3v) is 4.38. The normalized spacial score (nSPS) is 25.8. The second kappa shape index (κ2) is 6.65. The summed E-state index contributed by atoms with van der Waals surface area (Å²) in [6, 6.07) is 3.75. The number of anilines is 1. The fourth-order valence-corrected chi connectivity index (χ4v) is 3.03. The van der Waals surface area contributed by atoms with E-state index in [1.165, 1.54) is 17.2 Å². The lowest BCUT2D eigenvalue weighted by molar-refractivity contribution is -0.0511. The van der Waals surface area contributed by atoms with Gasteiger partial charge in [-0.25, -0.2) is 15.0 Å². The number of aliphatic hydroxyl groups is 3. The largest absolute Gasteiger partial charge is 0.465 e. The summed E-state index contributed by atoms with van der Waals surface area (Å²) >= 11 is 0. The van der Waals surface area contributed by atoms with Gasteiger partial charge in [-0.3, -0.25) is 4.57 Å². The van der Waals surface area contributed by atoms with Gasteiger partial charge >= 0.3 is 0 Å². The number of hydrogen-bond acceptors (Lipinski definition) is 9. The summed E-state index contributed by atoms with van der Waals surface area (Å²) in [6.07, 6.45) is -1.33. The van der Waals surface area contributed by atoms with Gasteiger partial charge in [0, 0.05) is 0 Å². The molecule has 0 aromatic carbocycles. The molecular weight excluding hydrogens is 342 g/mol. The second-order valence-electron chi connectivity index (χ2n) is 6.14. The van der Waals surface area contributed by atoms with Crippen molar-refractivity contribution in [2.75, 3.05) is 11.9 Å². The molecule has 4 N–H and O–H groups in total. The van der Waals surface area contributed by atoms with Crippen molar-refractivity contribution in [3.8, 4) is 0 Å². The number of aryl methyl sites for hydroxylation is 1.